The van der Waals surface area contributed by atoms with E-state index in [-0.39, 0.29) is 17.4 Å². The number of ether oxygens (including phenoxy) is 1. The molecule has 136 valence electrons. The normalized spacial score (nSPS) is 11.0. The van der Waals surface area contributed by atoms with Crippen molar-refractivity contribution in [3.05, 3.63) is 64.7 Å². The molecule has 1 N–H and O–H groups in total. The molecule has 6 heteroatoms. The molecule has 0 aromatic heterocycles. The first-order valence-electron chi connectivity index (χ1n) is 7.92. The number of hydrogen-bond donors (Lipinski definition) is 1. The quantitative estimate of drug-likeness (QED) is 0.598. The highest BCUT2D eigenvalue weighted by Gasteiger charge is 2.11. The first-order chi connectivity index (χ1) is 12.3. The first-order valence-corrected chi connectivity index (χ1v) is 7.92. The Morgan fingerprint density at radius 2 is 1.77 bits per heavy atom. The monoisotopic (exact) mass is 359 g/mol. The molecule has 4 nitrogen and oxygen atoms in total. The van der Waals surface area contributed by atoms with Gasteiger partial charge in [0.25, 0.3) is 0 Å². The largest absolute Gasteiger partial charge is 0.434 e. The maximum absolute atomic E-state index is 12.4. The number of alkyl halides is 2. The lowest BCUT2D eigenvalue weighted by molar-refractivity contribution is -0.114. The van der Waals surface area contributed by atoms with E-state index in [0.29, 0.717) is 27.9 Å². The van der Waals surface area contributed by atoms with Gasteiger partial charge in [-0.15, -0.1) is 0 Å². The summed E-state index contributed by atoms with van der Waals surface area (Å²) in [5.74, 6) is -0.311. The van der Waals surface area contributed by atoms with Gasteiger partial charge in [-0.3, -0.25) is 9.59 Å². The maximum Gasteiger partial charge on any atom is 0.387 e. The van der Waals surface area contributed by atoms with Crippen LogP contribution in [0.4, 0.5) is 14.5 Å². The minimum Gasteiger partial charge on any atom is -0.434 e. The molecule has 0 fully saturated rings. The van der Waals surface area contributed by atoms with Gasteiger partial charge >= 0.3 is 6.61 Å². The summed E-state index contributed by atoms with van der Waals surface area (Å²) >= 11 is 0. The van der Waals surface area contributed by atoms with E-state index in [2.05, 4.69) is 10.1 Å². The van der Waals surface area contributed by atoms with E-state index in [1.54, 1.807) is 56.3 Å². The number of rotatable bonds is 6. The minimum absolute atomic E-state index is 0.145. The molecular formula is C20H19F2NO3. The minimum atomic E-state index is -2.88. The van der Waals surface area contributed by atoms with Gasteiger partial charge in [-0.25, -0.2) is 0 Å². The molecule has 2 aromatic carbocycles. The zero-order valence-corrected chi connectivity index (χ0v) is 14.7. The number of nitrogens with one attached hydrogen (secondary N) is 1. The fraction of sp³-hybridized carbons (Fsp3) is 0.200. The molecule has 0 saturated carbocycles. The fourth-order valence-electron chi connectivity index (χ4n) is 2.58. The van der Waals surface area contributed by atoms with Crippen LogP contribution < -0.4 is 10.1 Å². The Labute approximate surface area is 150 Å². The van der Waals surface area contributed by atoms with Crippen LogP contribution in [0.1, 0.15) is 34.0 Å². The summed E-state index contributed by atoms with van der Waals surface area (Å²) in [5.41, 5.74) is 2.79. The Bertz CT molecular complexity index is 837. The van der Waals surface area contributed by atoms with E-state index in [9.17, 15) is 18.4 Å². The molecule has 0 aliphatic heterocycles. The molecule has 0 unspecified atom stereocenters. The molecule has 1 amide bonds. The van der Waals surface area contributed by atoms with Crippen LogP contribution >= 0.6 is 0 Å². The summed E-state index contributed by atoms with van der Waals surface area (Å²) < 4.78 is 29.4. The summed E-state index contributed by atoms with van der Waals surface area (Å²) in [6.07, 6.45) is 3.01. The highest BCUT2D eigenvalue weighted by molar-refractivity contribution is 6.07. The summed E-state index contributed by atoms with van der Waals surface area (Å²) in [5, 5.41) is 2.62. The van der Waals surface area contributed by atoms with Crippen molar-refractivity contribution in [1.29, 1.82) is 0 Å². The Morgan fingerprint density at radius 3 is 2.35 bits per heavy atom. The SMILES string of the molecule is CC(=O)Nc1cccc(C(=O)/C=C/c2cc(C)c(OC(F)F)c(C)c2)c1. The highest BCUT2D eigenvalue weighted by Crippen LogP contribution is 2.27. The molecule has 2 aromatic rings. The summed E-state index contributed by atoms with van der Waals surface area (Å²) in [6, 6.07) is 9.94. The van der Waals surface area contributed by atoms with Crippen LogP contribution in [0.15, 0.2) is 42.5 Å². The molecule has 0 radical (unpaired) electrons. The van der Waals surface area contributed by atoms with Crippen molar-refractivity contribution < 1.29 is 23.1 Å². The van der Waals surface area contributed by atoms with Crippen LogP contribution in [-0.4, -0.2) is 18.3 Å². The molecular weight excluding hydrogens is 340 g/mol. The van der Waals surface area contributed by atoms with E-state index in [4.69, 9.17) is 0 Å². The van der Waals surface area contributed by atoms with Crippen LogP contribution in [0.2, 0.25) is 0 Å². The molecule has 0 spiro atoms. The van der Waals surface area contributed by atoms with Gasteiger partial charge < -0.3 is 10.1 Å². The highest BCUT2D eigenvalue weighted by atomic mass is 19.3. The lowest BCUT2D eigenvalue weighted by Gasteiger charge is -2.12. The predicted octanol–water partition coefficient (Wildman–Crippen LogP) is 4.76. The number of anilines is 1. The molecule has 0 saturated heterocycles. The number of halogens is 2. The third-order valence-corrected chi connectivity index (χ3v) is 3.58. The average Bonchev–Trinajstić information content (AvgIpc) is 2.55. The smallest absolute Gasteiger partial charge is 0.387 e. The second kappa shape index (κ2) is 8.38. The third kappa shape index (κ3) is 5.24. The van der Waals surface area contributed by atoms with Crippen molar-refractivity contribution in [2.24, 2.45) is 0 Å². The maximum atomic E-state index is 12.4. The molecule has 2 rings (SSSR count). The lowest BCUT2D eigenvalue weighted by atomic mass is 10.0. The number of aryl methyl sites for hydroxylation is 2. The summed E-state index contributed by atoms with van der Waals surface area (Å²) in [4.78, 5) is 23.4. The van der Waals surface area contributed by atoms with Gasteiger partial charge in [-0.05, 0) is 60.9 Å². The number of allylic oxidation sites excluding steroid dienone is 1. The number of amides is 1. The number of hydrogen-bond acceptors (Lipinski definition) is 3. The van der Waals surface area contributed by atoms with Gasteiger partial charge in [0.15, 0.2) is 5.78 Å². The van der Waals surface area contributed by atoms with E-state index in [1.165, 1.54) is 13.0 Å². The molecule has 0 aliphatic carbocycles. The molecule has 0 bridgehead atoms. The van der Waals surface area contributed by atoms with Crippen molar-refractivity contribution in [1.82, 2.24) is 0 Å². The summed E-state index contributed by atoms with van der Waals surface area (Å²) in [7, 11) is 0. The van der Waals surface area contributed by atoms with Crippen LogP contribution in [0.25, 0.3) is 6.08 Å². The van der Waals surface area contributed by atoms with E-state index in [1.807, 2.05) is 0 Å². The standard InChI is InChI=1S/C20H19F2NO3/c1-12-9-15(10-13(2)19(12)26-20(21)22)7-8-18(25)16-5-4-6-17(11-16)23-14(3)24/h4-11,20H,1-3H3,(H,23,24)/b8-7+. The van der Waals surface area contributed by atoms with Gasteiger partial charge in [-0.1, -0.05) is 18.2 Å². The van der Waals surface area contributed by atoms with Crippen LogP contribution in [-0.2, 0) is 4.79 Å². The average molecular weight is 359 g/mol. The van der Waals surface area contributed by atoms with Crippen molar-refractivity contribution >= 4 is 23.5 Å². The van der Waals surface area contributed by atoms with Gasteiger partial charge in [0.2, 0.25) is 5.91 Å². The molecule has 26 heavy (non-hydrogen) atoms. The molecule has 0 heterocycles. The van der Waals surface area contributed by atoms with Gasteiger partial charge in [0, 0.05) is 18.2 Å². The van der Waals surface area contributed by atoms with Crippen molar-refractivity contribution in [3.63, 3.8) is 0 Å². The first kappa shape index (κ1) is 19.3. The molecule has 0 atom stereocenters. The lowest BCUT2D eigenvalue weighted by Crippen LogP contribution is -2.06. The van der Waals surface area contributed by atoms with Gasteiger partial charge in [0.1, 0.15) is 5.75 Å². The summed E-state index contributed by atoms with van der Waals surface area (Å²) in [6.45, 7) is 1.84. The third-order valence-electron chi connectivity index (χ3n) is 3.58. The van der Waals surface area contributed by atoms with Gasteiger partial charge in [-0.2, -0.15) is 8.78 Å². The second-order valence-electron chi connectivity index (χ2n) is 5.82. The predicted molar refractivity (Wildman–Crippen MR) is 96.7 cm³/mol. The van der Waals surface area contributed by atoms with Crippen LogP contribution in [0, 0.1) is 13.8 Å². The number of benzene rings is 2. The number of carbonyl (C=O) groups is 2. The van der Waals surface area contributed by atoms with Crippen molar-refractivity contribution in [2.75, 3.05) is 5.32 Å². The Balaban J connectivity index is 2.19. The zero-order valence-electron chi connectivity index (χ0n) is 14.7. The van der Waals surface area contributed by atoms with Crippen molar-refractivity contribution in [3.8, 4) is 5.75 Å². The number of carbonyl (C=O) groups excluding carboxylic acids is 2. The van der Waals surface area contributed by atoms with Gasteiger partial charge in [0.05, 0.1) is 0 Å². The van der Waals surface area contributed by atoms with Crippen LogP contribution in [0.5, 0.6) is 5.75 Å². The van der Waals surface area contributed by atoms with E-state index in [0.717, 1.165) is 0 Å². The Hall–Kier alpha value is -3.02. The number of ketones is 1. The second-order valence-corrected chi connectivity index (χ2v) is 5.82. The topological polar surface area (TPSA) is 55.4 Å². The zero-order chi connectivity index (χ0) is 19.3. The van der Waals surface area contributed by atoms with Crippen molar-refractivity contribution in [2.45, 2.75) is 27.4 Å². The van der Waals surface area contributed by atoms with Crippen LogP contribution in [0.3, 0.4) is 0 Å². The fourth-order valence-corrected chi connectivity index (χ4v) is 2.58. The van der Waals surface area contributed by atoms with E-state index < -0.39 is 6.61 Å². The molecule has 0 aliphatic rings. The Kier molecular flexibility index (Phi) is 6.22. The van der Waals surface area contributed by atoms with E-state index >= 15 is 0 Å². The Morgan fingerprint density at radius 1 is 1.12 bits per heavy atom.